The first kappa shape index (κ1) is 13.0. The Bertz CT molecular complexity index is 407. The molecule has 0 aliphatic carbocycles. The van der Waals surface area contributed by atoms with Gasteiger partial charge in [0.2, 0.25) is 0 Å². The Morgan fingerprint density at radius 2 is 1.88 bits per heavy atom. The summed E-state index contributed by atoms with van der Waals surface area (Å²) in [6.45, 7) is 5.32. The second-order valence-corrected chi connectivity index (χ2v) is 4.57. The first-order valence-corrected chi connectivity index (χ1v) is 5.22. The molecule has 0 bridgehead atoms. The Labute approximate surface area is 101 Å². The largest absolute Gasteiger partial charge is 0.443 e. The van der Waals surface area contributed by atoms with Crippen molar-refractivity contribution in [3.8, 4) is 0 Å². The molecular formula is C12H17N3O2. The van der Waals surface area contributed by atoms with E-state index in [1.165, 1.54) is 0 Å². The van der Waals surface area contributed by atoms with Gasteiger partial charge in [0.05, 0.1) is 12.0 Å². The number of nitrogens with one attached hydrogen (secondary N) is 1. The van der Waals surface area contributed by atoms with Gasteiger partial charge in [-0.05, 0) is 45.0 Å². The van der Waals surface area contributed by atoms with E-state index in [0.717, 1.165) is 11.2 Å². The highest BCUT2D eigenvalue weighted by molar-refractivity contribution is 6.04. The summed E-state index contributed by atoms with van der Waals surface area (Å²) in [5.41, 5.74) is 6.11. The number of hydrogen-bond donors (Lipinski definition) is 2. The highest BCUT2D eigenvalue weighted by Crippen LogP contribution is 2.18. The van der Waals surface area contributed by atoms with Crippen LogP contribution in [0.5, 0.6) is 0 Å². The van der Waals surface area contributed by atoms with E-state index in [9.17, 15) is 4.79 Å². The number of carbonyl (C=O) groups is 1. The molecule has 0 heterocycles. The maximum Gasteiger partial charge on any atom is 0.420 e. The Hall–Kier alpha value is -2.04. The zero-order valence-electron chi connectivity index (χ0n) is 10.2. The molecule has 3 N–H and O–H groups in total. The maximum absolute atomic E-state index is 11.8. The van der Waals surface area contributed by atoms with Crippen molar-refractivity contribution in [2.24, 2.45) is 0 Å². The van der Waals surface area contributed by atoms with Crippen LogP contribution in [0.2, 0.25) is 0 Å². The van der Waals surface area contributed by atoms with Crippen molar-refractivity contribution < 1.29 is 9.53 Å². The molecule has 0 unspecified atom stereocenters. The van der Waals surface area contributed by atoms with E-state index in [1.54, 1.807) is 45.0 Å². The van der Waals surface area contributed by atoms with Gasteiger partial charge in [0.25, 0.3) is 0 Å². The smallest absolute Gasteiger partial charge is 0.420 e. The molecule has 0 aromatic heterocycles. The van der Waals surface area contributed by atoms with Crippen LogP contribution in [0.25, 0.3) is 0 Å². The minimum absolute atomic E-state index is 0.545. The molecule has 0 saturated carbocycles. The number of nitrogen functional groups attached to an aromatic ring is 1. The number of anilines is 2. The lowest BCUT2D eigenvalue weighted by atomic mass is 10.2. The molecule has 5 heteroatoms. The molecule has 0 atom stereocenters. The van der Waals surface area contributed by atoms with Gasteiger partial charge in [0.15, 0.2) is 0 Å². The van der Waals surface area contributed by atoms with Crippen molar-refractivity contribution in [1.29, 1.82) is 5.41 Å². The molecule has 0 spiro atoms. The summed E-state index contributed by atoms with van der Waals surface area (Å²) in [6, 6.07) is 6.64. The number of ether oxygens (including phenoxy) is 1. The molecule has 1 aromatic rings. The highest BCUT2D eigenvalue weighted by atomic mass is 16.6. The second kappa shape index (κ2) is 4.86. The average molecular weight is 235 g/mol. The van der Waals surface area contributed by atoms with E-state index >= 15 is 0 Å². The van der Waals surface area contributed by atoms with E-state index in [4.69, 9.17) is 15.9 Å². The molecule has 5 nitrogen and oxygen atoms in total. The number of hydrogen-bond acceptors (Lipinski definition) is 4. The van der Waals surface area contributed by atoms with E-state index in [0.29, 0.717) is 11.4 Å². The topological polar surface area (TPSA) is 79.4 Å². The van der Waals surface area contributed by atoms with Crippen molar-refractivity contribution in [1.82, 2.24) is 0 Å². The van der Waals surface area contributed by atoms with Gasteiger partial charge < -0.3 is 10.5 Å². The van der Waals surface area contributed by atoms with Crippen LogP contribution in [0.3, 0.4) is 0 Å². The van der Waals surface area contributed by atoms with Crippen molar-refractivity contribution >= 4 is 23.8 Å². The molecule has 1 amide bonds. The average Bonchev–Trinajstić information content (AvgIpc) is 2.19. The summed E-state index contributed by atoms with van der Waals surface area (Å²) < 4.78 is 5.18. The molecule has 1 rings (SSSR count). The van der Waals surface area contributed by atoms with E-state index in [2.05, 4.69) is 0 Å². The monoisotopic (exact) mass is 235 g/mol. The number of amides is 1. The maximum atomic E-state index is 11.8. The molecule has 92 valence electrons. The molecular weight excluding hydrogens is 218 g/mol. The molecule has 0 aliphatic rings. The van der Waals surface area contributed by atoms with Gasteiger partial charge in [-0.1, -0.05) is 0 Å². The number of nitrogens with two attached hydrogens (primary N) is 1. The summed E-state index contributed by atoms with van der Waals surface area (Å²) in [5, 5.41) is 7.26. The van der Waals surface area contributed by atoms with Gasteiger partial charge in [-0.3, -0.25) is 5.41 Å². The molecule has 0 radical (unpaired) electrons. The summed E-state index contributed by atoms with van der Waals surface area (Å²) >= 11 is 0. The van der Waals surface area contributed by atoms with Crippen LogP contribution in [0.15, 0.2) is 24.3 Å². The minimum Gasteiger partial charge on any atom is -0.443 e. The Kier molecular flexibility index (Phi) is 3.73. The third-order valence-corrected chi connectivity index (χ3v) is 1.89. The lowest BCUT2D eigenvalue weighted by molar-refractivity contribution is 0.0605. The molecule has 17 heavy (non-hydrogen) atoms. The third kappa shape index (κ3) is 3.79. The van der Waals surface area contributed by atoms with Crippen molar-refractivity contribution in [3.05, 3.63) is 24.3 Å². The van der Waals surface area contributed by atoms with E-state index in [-0.39, 0.29) is 0 Å². The van der Waals surface area contributed by atoms with Gasteiger partial charge >= 0.3 is 6.09 Å². The van der Waals surface area contributed by atoms with Crippen LogP contribution in [0, 0.1) is 5.41 Å². The van der Waals surface area contributed by atoms with Crippen LogP contribution in [0.4, 0.5) is 16.2 Å². The van der Waals surface area contributed by atoms with Crippen molar-refractivity contribution in [3.63, 3.8) is 0 Å². The van der Waals surface area contributed by atoms with E-state index in [1.807, 2.05) is 0 Å². The first-order valence-electron chi connectivity index (χ1n) is 5.22. The summed E-state index contributed by atoms with van der Waals surface area (Å²) in [6.07, 6.45) is 0.330. The quantitative estimate of drug-likeness (QED) is 0.469. The first-order chi connectivity index (χ1) is 7.83. The van der Waals surface area contributed by atoms with Gasteiger partial charge in [-0.2, -0.15) is 0 Å². The number of nitrogens with zero attached hydrogens (tertiary/aromatic N) is 1. The zero-order chi connectivity index (χ0) is 13.1. The normalized spacial score (nSPS) is 10.8. The van der Waals surface area contributed by atoms with Gasteiger partial charge in [-0.25, -0.2) is 9.69 Å². The SMILES string of the molecule is CC(C)(C)OC(=O)N(C=N)c1ccc(N)cc1. The van der Waals surface area contributed by atoms with Gasteiger partial charge in [0, 0.05) is 5.69 Å². The number of benzene rings is 1. The van der Waals surface area contributed by atoms with Crippen molar-refractivity contribution in [2.45, 2.75) is 26.4 Å². The summed E-state index contributed by atoms with van der Waals surface area (Å²) in [5.74, 6) is 0. The minimum atomic E-state index is -0.591. The fourth-order valence-electron chi connectivity index (χ4n) is 1.18. The number of rotatable bonds is 2. The van der Waals surface area contributed by atoms with Crippen molar-refractivity contribution in [2.75, 3.05) is 10.6 Å². The number of carbonyl (C=O) groups excluding carboxylic acids is 1. The van der Waals surface area contributed by atoms with Gasteiger partial charge in [-0.15, -0.1) is 0 Å². The van der Waals surface area contributed by atoms with Crippen LogP contribution in [0.1, 0.15) is 20.8 Å². The van der Waals surface area contributed by atoms with E-state index < -0.39 is 11.7 Å². The fraction of sp³-hybridized carbons (Fsp3) is 0.333. The fourth-order valence-corrected chi connectivity index (χ4v) is 1.18. The molecule has 1 aromatic carbocycles. The highest BCUT2D eigenvalue weighted by Gasteiger charge is 2.21. The second-order valence-electron chi connectivity index (χ2n) is 4.57. The summed E-state index contributed by atoms with van der Waals surface area (Å²) in [4.78, 5) is 12.9. The third-order valence-electron chi connectivity index (χ3n) is 1.89. The Morgan fingerprint density at radius 1 is 1.35 bits per heavy atom. The Morgan fingerprint density at radius 3 is 2.29 bits per heavy atom. The summed E-state index contributed by atoms with van der Waals surface area (Å²) in [7, 11) is 0. The van der Waals surface area contributed by atoms with Crippen LogP contribution >= 0.6 is 0 Å². The lowest BCUT2D eigenvalue weighted by Gasteiger charge is -2.24. The van der Waals surface area contributed by atoms with Crippen LogP contribution in [-0.2, 0) is 4.74 Å². The Balaban J connectivity index is 2.88. The lowest BCUT2D eigenvalue weighted by Crippen LogP contribution is -2.35. The predicted octanol–water partition coefficient (Wildman–Crippen LogP) is 2.62. The standard InChI is InChI=1S/C12H17N3O2/c1-12(2,3)17-11(16)15(8-13)10-6-4-9(14)5-7-10/h4-8,13H,14H2,1-3H3. The molecule has 0 saturated heterocycles. The van der Waals surface area contributed by atoms with Gasteiger partial charge in [0.1, 0.15) is 5.60 Å². The van der Waals surface area contributed by atoms with Crippen LogP contribution < -0.4 is 10.6 Å². The zero-order valence-corrected chi connectivity index (χ0v) is 10.2. The van der Waals surface area contributed by atoms with Crippen LogP contribution in [-0.4, -0.2) is 18.0 Å². The molecule has 0 aliphatic heterocycles. The molecule has 0 fully saturated rings. The predicted molar refractivity (Wildman–Crippen MR) is 68.4 cm³/mol.